The molecule has 0 N–H and O–H groups in total. The summed E-state index contributed by atoms with van der Waals surface area (Å²) in [6.07, 6.45) is 7.84. The molecule has 0 unspecified atom stereocenters. The first-order valence-electron chi connectivity index (χ1n) is 7.69. The molecule has 0 heterocycles. The summed E-state index contributed by atoms with van der Waals surface area (Å²) in [6.45, 7) is 8.43. The van der Waals surface area contributed by atoms with Crippen molar-refractivity contribution in [2.75, 3.05) is 7.05 Å². The van der Waals surface area contributed by atoms with Crippen molar-refractivity contribution in [2.45, 2.75) is 78.3 Å². The summed E-state index contributed by atoms with van der Waals surface area (Å²) >= 11 is 0. The summed E-state index contributed by atoms with van der Waals surface area (Å²) in [5, 5.41) is 0. The van der Waals surface area contributed by atoms with E-state index in [9.17, 15) is 4.79 Å². The third kappa shape index (κ3) is 4.38. The van der Waals surface area contributed by atoms with Crippen LogP contribution in [0.5, 0.6) is 0 Å². The lowest BCUT2D eigenvalue weighted by Gasteiger charge is -2.35. The molecular formula is C16H31NO. The predicted molar refractivity (Wildman–Crippen MR) is 77.7 cm³/mol. The number of nitrogens with zero attached hydrogens (tertiary/aromatic N) is 1. The van der Waals surface area contributed by atoms with Gasteiger partial charge in [-0.3, -0.25) is 9.69 Å². The Morgan fingerprint density at radius 3 is 2.11 bits per heavy atom. The average molecular weight is 253 g/mol. The van der Waals surface area contributed by atoms with Crippen LogP contribution in [0.25, 0.3) is 0 Å². The normalized spacial score (nSPS) is 19.8. The molecule has 0 amide bonds. The Balaban J connectivity index is 2.67. The van der Waals surface area contributed by atoms with Crippen LogP contribution >= 0.6 is 0 Å². The summed E-state index contributed by atoms with van der Waals surface area (Å²) in [5.41, 5.74) is 0. The standard InChI is InChI=1S/C16H31NO/c1-12(2)16(18)15(17(5)13(3)4)11-14-9-7-6-8-10-14/h12-15H,6-11H2,1-5H3/t15-/m1/s1. The summed E-state index contributed by atoms with van der Waals surface area (Å²) < 4.78 is 0. The molecule has 18 heavy (non-hydrogen) atoms. The maximum atomic E-state index is 12.4. The van der Waals surface area contributed by atoms with Crippen LogP contribution in [-0.2, 0) is 4.79 Å². The highest BCUT2D eigenvalue weighted by atomic mass is 16.1. The molecule has 0 saturated heterocycles. The SMILES string of the molecule is CC(C)C(=O)[C@@H](CC1CCCCC1)N(C)C(C)C. The van der Waals surface area contributed by atoms with E-state index in [0.29, 0.717) is 11.8 Å². The third-order valence-electron chi connectivity index (χ3n) is 4.48. The molecule has 1 rings (SSSR count). The monoisotopic (exact) mass is 253 g/mol. The van der Waals surface area contributed by atoms with Gasteiger partial charge >= 0.3 is 0 Å². The zero-order valence-corrected chi connectivity index (χ0v) is 12.9. The van der Waals surface area contributed by atoms with Crippen LogP contribution in [0, 0.1) is 11.8 Å². The Kier molecular flexibility index (Phi) is 6.34. The summed E-state index contributed by atoms with van der Waals surface area (Å²) in [4.78, 5) is 14.7. The van der Waals surface area contributed by atoms with Gasteiger partial charge in [0.25, 0.3) is 0 Å². The molecular weight excluding hydrogens is 222 g/mol. The molecule has 106 valence electrons. The third-order valence-corrected chi connectivity index (χ3v) is 4.48. The van der Waals surface area contributed by atoms with Crippen LogP contribution in [-0.4, -0.2) is 29.8 Å². The second-order valence-electron chi connectivity index (χ2n) is 6.57. The largest absolute Gasteiger partial charge is 0.298 e. The maximum Gasteiger partial charge on any atom is 0.152 e. The van der Waals surface area contributed by atoms with Gasteiger partial charge in [-0.05, 0) is 33.2 Å². The number of likely N-dealkylation sites (N-methyl/N-ethyl adjacent to an activating group) is 1. The lowest BCUT2D eigenvalue weighted by molar-refractivity contribution is -0.128. The molecule has 1 fully saturated rings. The topological polar surface area (TPSA) is 20.3 Å². The number of hydrogen-bond acceptors (Lipinski definition) is 2. The Labute approximate surface area is 113 Å². The van der Waals surface area contributed by atoms with Gasteiger partial charge in [-0.15, -0.1) is 0 Å². The lowest BCUT2D eigenvalue weighted by atomic mass is 9.82. The van der Waals surface area contributed by atoms with Crippen molar-refractivity contribution in [2.24, 2.45) is 11.8 Å². The molecule has 0 aromatic rings. The molecule has 0 bridgehead atoms. The van der Waals surface area contributed by atoms with E-state index in [1.165, 1.54) is 32.1 Å². The zero-order valence-electron chi connectivity index (χ0n) is 12.9. The van der Waals surface area contributed by atoms with Gasteiger partial charge < -0.3 is 0 Å². The first-order valence-corrected chi connectivity index (χ1v) is 7.69. The van der Waals surface area contributed by atoms with Crippen LogP contribution in [0.2, 0.25) is 0 Å². The van der Waals surface area contributed by atoms with Crippen molar-refractivity contribution in [3.05, 3.63) is 0 Å². The molecule has 0 aromatic heterocycles. The van der Waals surface area contributed by atoms with Gasteiger partial charge in [0.1, 0.15) is 0 Å². The van der Waals surface area contributed by atoms with Crippen LogP contribution in [0.3, 0.4) is 0 Å². The van der Waals surface area contributed by atoms with Crippen LogP contribution < -0.4 is 0 Å². The molecule has 0 aliphatic heterocycles. The van der Waals surface area contributed by atoms with E-state index in [1.54, 1.807) is 0 Å². The van der Waals surface area contributed by atoms with E-state index in [1.807, 2.05) is 13.8 Å². The highest BCUT2D eigenvalue weighted by molar-refractivity contribution is 5.85. The minimum atomic E-state index is 0.132. The van der Waals surface area contributed by atoms with E-state index in [2.05, 4.69) is 25.8 Å². The molecule has 0 spiro atoms. The number of Topliss-reactive ketones (excluding diaryl/α,β-unsaturated/α-hetero) is 1. The van der Waals surface area contributed by atoms with E-state index in [4.69, 9.17) is 0 Å². The fourth-order valence-corrected chi connectivity index (χ4v) is 2.97. The average Bonchev–Trinajstić information content (AvgIpc) is 2.35. The minimum Gasteiger partial charge on any atom is -0.298 e. The van der Waals surface area contributed by atoms with E-state index in [-0.39, 0.29) is 12.0 Å². The number of hydrogen-bond donors (Lipinski definition) is 0. The second kappa shape index (κ2) is 7.28. The van der Waals surface area contributed by atoms with Gasteiger partial charge in [0.2, 0.25) is 0 Å². The molecule has 2 nitrogen and oxygen atoms in total. The number of ketones is 1. The van der Waals surface area contributed by atoms with E-state index < -0.39 is 0 Å². The van der Waals surface area contributed by atoms with Gasteiger partial charge in [-0.1, -0.05) is 46.0 Å². The van der Waals surface area contributed by atoms with E-state index >= 15 is 0 Å². The van der Waals surface area contributed by atoms with Gasteiger partial charge in [0.15, 0.2) is 5.78 Å². The van der Waals surface area contributed by atoms with Crippen LogP contribution in [0.1, 0.15) is 66.2 Å². The molecule has 0 radical (unpaired) electrons. The van der Waals surface area contributed by atoms with Crippen molar-refractivity contribution >= 4 is 5.78 Å². The van der Waals surface area contributed by atoms with Gasteiger partial charge in [0, 0.05) is 12.0 Å². The number of carbonyl (C=O) groups excluding carboxylic acids is 1. The van der Waals surface area contributed by atoms with Crippen molar-refractivity contribution in [1.82, 2.24) is 4.90 Å². The molecule has 1 aliphatic rings. The molecule has 1 saturated carbocycles. The maximum absolute atomic E-state index is 12.4. The van der Waals surface area contributed by atoms with Gasteiger partial charge in [0.05, 0.1) is 6.04 Å². The minimum absolute atomic E-state index is 0.132. The predicted octanol–water partition coefficient (Wildman–Crippen LogP) is 3.89. The number of carbonyl (C=O) groups is 1. The molecule has 2 heteroatoms. The fraction of sp³-hybridized carbons (Fsp3) is 0.938. The molecule has 1 aliphatic carbocycles. The van der Waals surface area contributed by atoms with Crippen molar-refractivity contribution < 1.29 is 4.79 Å². The van der Waals surface area contributed by atoms with Crippen LogP contribution in [0.15, 0.2) is 0 Å². The lowest BCUT2D eigenvalue weighted by Crippen LogP contribution is -2.45. The van der Waals surface area contributed by atoms with Crippen molar-refractivity contribution in [3.8, 4) is 0 Å². The quantitative estimate of drug-likeness (QED) is 0.716. The Morgan fingerprint density at radius 2 is 1.67 bits per heavy atom. The van der Waals surface area contributed by atoms with E-state index in [0.717, 1.165) is 12.3 Å². The Bertz CT molecular complexity index is 254. The first kappa shape index (κ1) is 15.7. The summed E-state index contributed by atoms with van der Waals surface area (Å²) in [7, 11) is 2.11. The number of rotatable bonds is 6. The van der Waals surface area contributed by atoms with Crippen molar-refractivity contribution in [3.63, 3.8) is 0 Å². The zero-order chi connectivity index (χ0) is 13.7. The Morgan fingerprint density at radius 1 is 1.11 bits per heavy atom. The van der Waals surface area contributed by atoms with Crippen molar-refractivity contribution in [1.29, 1.82) is 0 Å². The smallest absolute Gasteiger partial charge is 0.152 e. The van der Waals surface area contributed by atoms with Crippen LogP contribution in [0.4, 0.5) is 0 Å². The van der Waals surface area contributed by atoms with Gasteiger partial charge in [-0.25, -0.2) is 0 Å². The fourth-order valence-electron chi connectivity index (χ4n) is 2.97. The molecule has 0 aromatic carbocycles. The first-order chi connectivity index (χ1) is 8.43. The highest BCUT2D eigenvalue weighted by Crippen LogP contribution is 2.29. The summed E-state index contributed by atoms with van der Waals surface area (Å²) in [5.74, 6) is 1.35. The Hall–Kier alpha value is -0.370. The summed E-state index contributed by atoms with van der Waals surface area (Å²) in [6, 6.07) is 0.578. The highest BCUT2D eigenvalue weighted by Gasteiger charge is 2.29. The second-order valence-corrected chi connectivity index (χ2v) is 6.57. The van der Waals surface area contributed by atoms with Gasteiger partial charge in [-0.2, -0.15) is 0 Å². The molecule has 1 atom stereocenters.